The second kappa shape index (κ2) is 9.69. The lowest BCUT2D eigenvalue weighted by atomic mass is 9.91. The molecule has 1 aromatic heterocycles. The van der Waals surface area contributed by atoms with Gasteiger partial charge < -0.3 is 15.5 Å². The molecular weight excluding hydrogens is 429 g/mol. The number of hydrogen-bond acceptors (Lipinski definition) is 5. The molecule has 0 atom stereocenters. The van der Waals surface area contributed by atoms with Gasteiger partial charge in [0, 0.05) is 36.6 Å². The standard InChI is InChI=1S/C24H27ClFN5O/c1-31(2)23-19-5-3-4-6-21(19)29-24(30-23)28-18-11-9-17(10-12-18)27-22(32)13-15-7-8-16(26)14-20(15)25/h3-8,14,17-18H,9-13H2,1-2H3,(H,27,32)(H,28,29,30)/t17-,18+. The Morgan fingerprint density at radius 1 is 1.09 bits per heavy atom. The van der Waals surface area contributed by atoms with Crippen LogP contribution in [0.15, 0.2) is 42.5 Å². The van der Waals surface area contributed by atoms with Crippen molar-refractivity contribution in [2.75, 3.05) is 24.3 Å². The molecule has 3 aromatic rings. The summed E-state index contributed by atoms with van der Waals surface area (Å²) in [6.07, 6.45) is 3.71. The number of nitrogens with one attached hydrogen (secondary N) is 2. The van der Waals surface area contributed by atoms with Gasteiger partial charge in [0.2, 0.25) is 11.9 Å². The molecule has 1 saturated carbocycles. The molecule has 2 N–H and O–H groups in total. The van der Waals surface area contributed by atoms with E-state index < -0.39 is 5.82 Å². The highest BCUT2D eigenvalue weighted by atomic mass is 35.5. The smallest absolute Gasteiger partial charge is 0.225 e. The average molecular weight is 456 g/mol. The molecule has 1 heterocycles. The third kappa shape index (κ3) is 5.27. The fourth-order valence-corrected chi connectivity index (χ4v) is 4.38. The number of anilines is 2. The predicted molar refractivity (Wildman–Crippen MR) is 127 cm³/mol. The van der Waals surface area contributed by atoms with Crippen LogP contribution >= 0.6 is 11.6 Å². The van der Waals surface area contributed by atoms with Crippen molar-refractivity contribution in [2.45, 2.75) is 44.2 Å². The van der Waals surface area contributed by atoms with E-state index in [-0.39, 0.29) is 29.4 Å². The van der Waals surface area contributed by atoms with Gasteiger partial charge in [-0.25, -0.2) is 9.37 Å². The van der Waals surface area contributed by atoms with Gasteiger partial charge in [0.25, 0.3) is 0 Å². The normalized spacial score (nSPS) is 18.4. The van der Waals surface area contributed by atoms with E-state index in [0.29, 0.717) is 11.5 Å². The van der Waals surface area contributed by atoms with Crippen LogP contribution in [0.2, 0.25) is 5.02 Å². The van der Waals surface area contributed by atoms with Crippen molar-refractivity contribution in [1.82, 2.24) is 15.3 Å². The van der Waals surface area contributed by atoms with Gasteiger partial charge in [0.1, 0.15) is 11.6 Å². The Bertz CT molecular complexity index is 1110. The van der Waals surface area contributed by atoms with Crippen LogP contribution in [-0.2, 0) is 11.2 Å². The minimum absolute atomic E-state index is 0.0941. The molecule has 6 nitrogen and oxygen atoms in total. The zero-order valence-corrected chi connectivity index (χ0v) is 19.0. The van der Waals surface area contributed by atoms with Crippen molar-refractivity contribution in [1.29, 1.82) is 0 Å². The molecule has 1 aliphatic rings. The number of fused-ring (bicyclic) bond motifs is 1. The number of carbonyl (C=O) groups excluding carboxylic acids is 1. The molecule has 0 saturated heterocycles. The lowest BCUT2D eigenvalue weighted by Gasteiger charge is -2.30. The number of carbonyl (C=O) groups is 1. The largest absolute Gasteiger partial charge is 0.362 e. The first-order chi connectivity index (χ1) is 15.4. The van der Waals surface area contributed by atoms with Crippen molar-refractivity contribution in [3.63, 3.8) is 0 Å². The fourth-order valence-electron chi connectivity index (χ4n) is 4.15. The third-order valence-electron chi connectivity index (χ3n) is 5.80. The molecule has 32 heavy (non-hydrogen) atoms. The van der Waals surface area contributed by atoms with Crippen molar-refractivity contribution in [3.05, 3.63) is 58.9 Å². The number of nitrogens with zero attached hydrogens (tertiary/aromatic N) is 3. The van der Waals surface area contributed by atoms with Gasteiger partial charge in [-0.15, -0.1) is 0 Å². The van der Waals surface area contributed by atoms with E-state index in [1.807, 2.05) is 43.3 Å². The van der Waals surface area contributed by atoms with Gasteiger partial charge in [0.15, 0.2) is 0 Å². The first kappa shape index (κ1) is 22.3. The summed E-state index contributed by atoms with van der Waals surface area (Å²) in [5.41, 5.74) is 1.54. The summed E-state index contributed by atoms with van der Waals surface area (Å²) in [5, 5.41) is 7.87. The molecule has 0 bridgehead atoms. The van der Waals surface area contributed by atoms with Crippen LogP contribution in [0, 0.1) is 5.82 Å². The molecule has 1 amide bonds. The molecule has 0 spiro atoms. The maximum atomic E-state index is 13.2. The Balaban J connectivity index is 1.32. The number of aromatic nitrogens is 2. The van der Waals surface area contributed by atoms with Crippen LogP contribution < -0.4 is 15.5 Å². The van der Waals surface area contributed by atoms with Crippen LogP contribution in [0.4, 0.5) is 16.2 Å². The van der Waals surface area contributed by atoms with E-state index in [1.54, 1.807) is 6.07 Å². The number of benzene rings is 2. The Kier molecular flexibility index (Phi) is 6.74. The number of para-hydroxylation sites is 1. The van der Waals surface area contributed by atoms with Crippen LogP contribution in [0.3, 0.4) is 0 Å². The van der Waals surface area contributed by atoms with E-state index in [0.717, 1.165) is 42.4 Å². The van der Waals surface area contributed by atoms with Crippen LogP contribution in [0.1, 0.15) is 31.2 Å². The van der Waals surface area contributed by atoms with Gasteiger partial charge in [-0.3, -0.25) is 4.79 Å². The zero-order valence-electron chi connectivity index (χ0n) is 18.2. The molecule has 168 valence electrons. The number of rotatable bonds is 6. The first-order valence-corrected chi connectivity index (χ1v) is 11.2. The maximum Gasteiger partial charge on any atom is 0.225 e. The first-order valence-electron chi connectivity index (χ1n) is 10.8. The monoisotopic (exact) mass is 455 g/mol. The maximum absolute atomic E-state index is 13.2. The van der Waals surface area contributed by atoms with Crippen LogP contribution in [0.25, 0.3) is 10.9 Å². The van der Waals surface area contributed by atoms with Crippen molar-refractivity contribution in [2.24, 2.45) is 0 Å². The molecule has 4 rings (SSSR count). The van der Waals surface area contributed by atoms with Crippen molar-refractivity contribution < 1.29 is 9.18 Å². The lowest BCUT2D eigenvalue weighted by Crippen LogP contribution is -2.41. The van der Waals surface area contributed by atoms with E-state index in [2.05, 4.69) is 15.6 Å². The molecule has 0 unspecified atom stereocenters. The Morgan fingerprint density at radius 2 is 1.81 bits per heavy atom. The number of halogens is 2. The van der Waals surface area contributed by atoms with E-state index in [4.69, 9.17) is 16.6 Å². The molecule has 0 radical (unpaired) electrons. The Labute approximate surface area is 192 Å². The number of amides is 1. The molecule has 1 fully saturated rings. The van der Waals surface area contributed by atoms with Gasteiger partial charge in [-0.05, 0) is 55.5 Å². The summed E-state index contributed by atoms with van der Waals surface area (Å²) in [5.74, 6) is 1.02. The minimum atomic E-state index is -0.405. The van der Waals surface area contributed by atoms with Crippen molar-refractivity contribution >= 4 is 40.2 Å². The fraction of sp³-hybridized carbons (Fsp3) is 0.375. The summed E-state index contributed by atoms with van der Waals surface area (Å²) < 4.78 is 13.2. The van der Waals surface area contributed by atoms with Crippen LogP contribution in [-0.4, -0.2) is 42.1 Å². The van der Waals surface area contributed by atoms with Crippen LogP contribution in [0.5, 0.6) is 0 Å². The Morgan fingerprint density at radius 3 is 2.53 bits per heavy atom. The Hall–Kier alpha value is -2.93. The summed E-state index contributed by atoms with van der Waals surface area (Å²) >= 11 is 6.04. The molecule has 0 aliphatic heterocycles. The third-order valence-corrected chi connectivity index (χ3v) is 6.15. The topological polar surface area (TPSA) is 70.2 Å². The molecular formula is C24H27ClFN5O. The molecule has 2 aromatic carbocycles. The zero-order chi connectivity index (χ0) is 22.7. The highest BCUT2D eigenvalue weighted by Crippen LogP contribution is 2.26. The van der Waals surface area contributed by atoms with Gasteiger partial charge in [0.05, 0.1) is 11.9 Å². The predicted octanol–water partition coefficient (Wildman–Crippen LogP) is 4.57. The minimum Gasteiger partial charge on any atom is -0.362 e. The summed E-state index contributed by atoms with van der Waals surface area (Å²) in [4.78, 5) is 23.8. The van der Waals surface area contributed by atoms with Gasteiger partial charge in [-0.1, -0.05) is 29.8 Å². The SMILES string of the molecule is CN(C)c1nc(N[C@H]2CC[C@@H](NC(=O)Cc3ccc(F)cc3Cl)CC2)nc2ccccc12. The van der Waals surface area contributed by atoms with E-state index in [1.165, 1.54) is 12.1 Å². The van der Waals surface area contributed by atoms with Gasteiger partial charge in [-0.2, -0.15) is 4.98 Å². The van der Waals surface area contributed by atoms with Gasteiger partial charge >= 0.3 is 0 Å². The summed E-state index contributed by atoms with van der Waals surface area (Å²) in [6.45, 7) is 0. The quantitative estimate of drug-likeness (QED) is 0.569. The average Bonchev–Trinajstić information content (AvgIpc) is 2.76. The molecule has 8 heteroatoms. The lowest BCUT2D eigenvalue weighted by molar-refractivity contribution is -0.121. The summed E-state index contributed by atoms with van der Waals surface area (Å²) in [6, 6.07) is 12.5. The van der Waals surface area contributed by atoms with Crippen molar-refractivity contribution in [3.8, 4) is 0 Å². The highest BCUT2D eigenvalue weighted by molar-refractivity contribution is 6.31. The molecule has 1 aliphatic carbocycles. The van der Waals surface area contributed by atoms with E-state index >= 15 is 0 Å². The summed E-state index contributed by atoms with van der Waals surface area (Å²) in [7, 11) is 3.96. The second-order valence-corrected chi connectivity index (χ2v) is 8.86. The second-order valence-electron chi connectivity index (χ2n) is 8.46. The highest BCUT2D eigenvalue weighted by Gasteiger charge is 2.23. The van der Waals surface area contributed by atoms with E-state index in [9.17, 15) is 9.18 Å². The number of hydrogen-bond donors (Lipinski definition) is 2.